The molecule has 0 radical (unpaired) electrons. The Bertz CT molecular complexity index is 550. The van der Waals surface area contributed by atoms with Gasteiger partial charge in [0.1, 0.15) is 5.60 Å². The topological polar surface area (TPSA) is 41.6 Å². The van der Waals surface area contributed by atoms with Gasteiger partial charge in [0.25, 0.3) is 0 Å². The van der Waals surface area contributed by atoms with Gasteiger partial charge in [-0.2, -0.15) is 0 Å². The number of rotatable bonds is 3. The van der Waals surface area contributed by atoms with Crippen LogP contribution in [-0.4, -0.2) is 36.2 Å². The summed E-state index contributed by atoms with van der Waals surface area (Å²) in [6.45, 7) is 7.53. The van der Waals surface area contributed by atoms with Gasteiger partial charge in [0, 0.05) is 25.3 Å². The summed E-state index contributed by atoms with van der Waals surface area (Å²) in [6.07, 6.45) is 1.44. The average molecular weight is 326 g/mol. The van der Waals surface area contributed by atoms with E-state index in [1.807, 2.05) is 20.8 Å². The number of anilines is 1. The van der Waals surface area contributed by atoms with Gasteiger partial charge >= 0.3 is 6.09 Å². The summed E-state index contributed by atoms with van der Waals surface area (Å²) in [4.78, 5) is 13.7. The molecule has 0 bridgehead atoms. The van der Waals surface area contributed by atoms with Crippen LogP contribution >= 0.6 is 0 Å². The summed E-state index contributed by atoms with van der Waals surface area (Å²) in [5, 5.41) is 3.12. The molecule has 2 rings (SSSR count). The normalized spacial score (nSPS) is 16.3. The first-order chi connectivity index (χ1) is 10.7. The van der Waals surface area contributed by atoms with E-state index >= 15 is 0 Å². The lowest BCUT2D eigenvalue weighted by Crippen LogP contribution is -2.42. The highest BCUT2D eigenvalue weighted by atomic mass is 19.2. The summed E-state index contributed by atoms with van der Waals surface area (Å²) >= 11 is 0. The number of halogens is 2. The van der Waals surface area contributed by atoms with Crippen molar-refractivity contribution in [3.8, 4) is 0 Å². The molecule has 0 unspecified atom stereocenters. The molecule has 128 valence electrons. The van der Waals surface area contributed by atoms with E-state index in [0.717, 1.165) is 25.0 Å². The molecular weight excluding hydrogens is 302 g/mol. The molecule has 1 heterocycles. The average Bonchev–Trinajstić information content (AvgIpc) is 2.47. The van der Waals surface area contributed by atoms with Crippen molar-refractivity contribution in [1.82, 2.24) is 4.90 Å². The zero-order valence-corrected chi connectivity index (χ0v) is 13.9. The van der Waals surface area contributed by atoms with Gasteiger partial charge in [0.15, 0.2) is 11.6 Å². The second-order valence-corrected chi connectivity index (χ2v) is 6.92. The van der Waals surface area contributed by atoms with Crippen molar-refractivity contribution in [1.29, 1.82) is 0 Å². The number of amides is 1. The van der Waals surface area contributed by atoms with Gasteiger partial charge in [-0.1, -0.05) is 0 Å². The second kappa shape index (κ2) is 7.15. The van der Waals surface area contributed by atoms with Crippen LogP contribution in [-0.2, 0) is 4.74 Å². The maximum Gasteiger partial charge on any atom is 0.410 e. The third-order valence-electron chi connectivity index (χ3n) is 3.78. The maximum atomic E-state index is 13.1. The van der Waals surface area contributed by atoms with Crippen molar-refractivity contribution < 1.29 is 18.3 Å². The Morgan fingerprint density at radius 3 is 2.48 bits per heavy atom. The Kier molecular flexibility index (Phi) is 5.44. The number of nitrogens with zero attached hydrogens (tertiary/aromatic N) is 1. The molecule has 1 aliphatic heterocycles. The number of nitrogens with one attached hydrogen (secondary N) is 1. The van der Waals surface area contributed by atoms with Gasteiger partial charge in [-0.3, -0.25) is 0 Å². The molecule has 23 heavy (non-hydrogen) atoms. The highest BCUT2D eigenvalue weighted by Gasteiger charge is 2.26. The molecular formula is C17H24F2N2O2. The van der Waals surface area contributed by atoms with Crippen molar-refractivity contribution >= 4 is 11.8 Å². The summed E-state index contributed by atoms with van der Waals surface area (Å²) in [5.74, 6) is -1.31. The molecule has 1 saturated heterocycles. The summed E-state index contributed by atoms with van der Waals surface area (Å²) in [7, 11) is 0. The largest absolute Gasteiger partial charge is 0.444 e. The molecule has 1 fully saturated rings. The predicted octanol–water partition coefficient (Wildman–Crippen LogP) is 4.02. The number of carbonyl (C=O) groups excluding carboxylic acids is 1. The number of likely N-dealkylation sites (tertiary alicyclic amines) is 1. The Morgan fingerprint density at radius 1 is 1.26 bits per heavy atom. The molecule has 1 aromatic rings. The van der Waals surface area contributed by atoms with Gasteiger partial charge in [-0.05, 0) is 57.7 Å². The fourth-order valence-electron chi connectivity index (χ4n) is 2.51. The Labute approximate surface area is 135 Å². The molecule has 0 saturated carbocycles. The number of hydrogen-bond donors (Lipinski definition) is 1. The number of benzene rings is 1. The van der Waals surface area contributed by atoms with E-state index < -0.39 is 17.2 Å². The van der Waals surface area contributed by atoms with Crippen molar-refractivity contribution in [3.05, 3.63) is 29.8 Å². The molecule has 1 aromatic carbocycles. The minimum absolute atomic E-state index is 0.274. The lowest BCUT2D eigenvalue weighted by Gasteiger charge is -2.33. The van der Waals surface area contributed by atoms with Crippen LogP contribution in [0.15, 0.2) is 18.2 Å². The van der Waals surface area contributed by atoms with Crippen LogP contribution in [0.1, 0.15) is 33.6 Å². The van der Waals surface area contributed by atoms with Crippen LogP contribution in [0.4, 0.5) is 19.3 Å². The van der Waals surface area contributed by atoms with E-state index in [1.54, 1.807) is 4.90 Å². The summed E-state index contributed by atoms with van der Waals surface area (Å²) in [5.41, 5.74) is 0.0840. The monoisotopic (exact) mass is 326 g/mol. The van der Waals surface area contributed by atoms with Gasteiger partial charge in [0.2, 0.25) is 0 Å². The molecule has 4 nitrogen and oxygen atoms in total. The lowest BCUT2D eigenvalue weighted by molar-refractivity contribution is 0.0188. The van der Waals surface area contributed by atoms with Crippen molar-refractivity contribution in [2.45, 2.75) is 39.2 Å². The SMILES string of the molecule is CC(C)(C)OC(=O)N1CCC(CNc2ccc(F)c(F)c2)CC1. The third-order valence-corrected chi connectivity index (χ3v) is 3.78. The summed E-state index contributed by atoms with van der Waals surface area (Å²) in [6, 6.07) is 3.79. The highest BCUT2D eigenvalue weighted by molar-refractivity contribution is 5.68. The van der Waals surface area contributed by atoms with E-state index in [0.29, 0.717) is 31.2 Å². The van der Waals surface area contributed by atoms with E-state index in [9.17, 15) is 13.6 Å². The van der Waals surface area contributed by atoms with E-state index in [-0.39, 0.29) is 6.09 Å². The zero-order valence-electron chi connectivity index (χ0n) is 13.9. The minimum Gasteiger partial charge on any atom is -0.444 e. The molecule has 0 spiro atoms. The van der Waals surface area contributed by atoms with Crippen molar-refractivity contribution in [2.24, 2.45) is 5.92 Å². The van der Waals surface area contributed by atoms with E-state index in [4.69, 9.17) is 4.74 Å². The number of piperidine rings is 1. The number of ether oxygens (including phenoxy) is 1. The molecule has 1 aliphatic rings. The van der Waals surface area contributed by atoms with Gasteiger partial charge in [-0.15, -0.1) is 0 Å². The molecule has 6 heteroatoms. The zero-order chi connectivity index (χ0) is 17.0. The van der Waals surface area contributed by atoms with Crippen molar-refractivity contribution in [2.75, 3.05) is 25.0 Å². The van der Waals surface area contributed by atoms with Crippen LogP contribution in [0.2, 0.25) is 0 Å². The lowest BCUT2D eigenvalue weighted by atomic mass is 9.97. The van der Waals surface area contributed by atoms with Gasteiger partial charge in [-0.25, -0.2) is 13.6 Å². The molecule has 0 atom stereocenters. The Hall–Kier alpha value is -1.85. The van der Waals surface area contributed by atoms with Crippen LogP contribution in [0.25, 0.3) is 0 Å². The smallest absolute Gasteiger partial charge is 0.410 e. The van der Waals surface area contributed by atoms with Crippen LogP contribution in [0.5, 0.6) is 0 Å². The Morgan fingerprint density at radius 2 is 1.91 bits per heavy atom. The summed E-state index contributed by atoms with van der Waals surface area (Å²) < 4.78 is 31.4. The Balaban J connectivity index is 1.76. The van der Waals surface area contributed by atoms with Crippen molar-refractivity contribution in [3.63, 3.8) is 0 Å². The fourth-order valence-corrected chi connectivity index (χ4v) is 2.51. The second-order valence-electron chi connectivity index (χ2n) is 6.92. The van der Waals surface area contributed by atoms with E-state index in [1.165, 1.54) is 6.07 Å². The molecule has 0 aromatic heterocycles. The van der Waals surface area contributed by atoms with Gasteiger partial charge in [0.05, 0.1) is 0 Å². The van der Waals surface area contributed by atoms with Crippen LogP contribution in [0.3, 0.4) is 0 Å². The molecule has 0 aliphatic carbocycles. The number of carbonyl (C=O) groups is 1. The van der Waals surface area contributed by atoms with E-state index in [2.05, 4.69) is 5.32 Å². The molecule has 1 amide bonds. The van der Waals surface area contributed by atoms with Crippen LogP contribution < -0.4 is 5.32 Å². The predicted molar refractivity (Wildman–Crippen MR) is 85.4 cm³/mol. The van der Waals surface area contributed by atoms with Gasteiger partial charge < -0.3 is 15.0 Å². The third kappa shape index (κ3) is 5.37. The first-order valence-corrected chi connectivity index (χ1v) is 7.91. The minimum atomic E-state index is -0.852. The molecule has 1 N–H and O–H groups in total. The number of hydrogen-bond acceptors (Lipinski definition) is 3. The fraction of sp³-hybridized carbons (Fsp3) is 0.588. The highest BCUT2D eigenvalue weighted by Crippen LogP contribution is 2.21. The quantitative estimate of drug-likeness (QED) is 0.912. The first kappa shape index (κ1) is 17.5. The first-order valence-electron chi connectivity index (χ1n) is 7.91. The maximum absolute atomic E-state index is 13.1. The van der Waals surface area contributed by atoms with Crippen LogP contribution in [0, 0.1) is 17.6 Å². The standard InChI is InChI=1S/C17H24F2N2O2/c1-17(2,3)23-16(22)21-8-6-12(7-9-21)11-20-13-4-5-14(18)15(19)10-13/h4-5,10,12,20H,6-9,11H2,1-3H3.